The first-order chi connectivity index (χ1) is 6.10. The van der Waals surface area contributed by atoms with E-state index in [0.29, 0.717) is 5.78 Å². The third-order valence-electron chi connectivity index (χ3n) is 3.25. The van der Waals surface area contributed by atoms with Crippen LogP contribution < -0.4 is 0 Å². The first kappa shape index (κ1) is 10.5. The van der Waals surface area contributed by atoms with Gasteiger partial charge in [-0.1, -0.05) is 32.8 Å². The molecule has 0 aromatic carbocycles. The Kier molecular flexibility index (Phi) is 3.29. The molecule has 1 aliphatic rings. The van der Waals surface area contributed by atoms with E-state index in [1.54, 1.807) is 0 Å². The summed E-state index contributed by atoms with van der Waals surface area (Å²) in [5, 5.41) is 0. The van der Waals surface area contributed by atoms with Crippen LogP contribution in [0.1, 0.15) is 46.0 Å². The summed E-state index contributed by atoms with van der Waals surface area (Å²) in [4.78, 5) is 12.0. The Morgan fingerprint density at radius 3 is 2.92 bits per heavy atom. The van der Waals surface area contributed by atoms with Gasteiger partial charge in [0.15, 0.2) is 0 Å². The van der Waals surface area contributed by atoms with Crippen molar-refractivity contribution in [3.05, 3.63) is 12.7 Å². The maximum absolute atomic E-state index is 12.0. The van der Waals surface area contributed by atoms with Gasteiger partial charge in [-0.3, -0.25) is 4.79 Å². The minimum atomic E-state index is -0.113. The molecule has 1 saturated carbocycles. The molecular formula is C12H20O. The highest BCUT2D eigenvalue weighted by Gasteiger charge is 2.35. The van der Waals surface area contributed by atoms with Gasteiger partial charge >= 0.3 is 0 Å². The fraction of sp³-hybridized carbons (Fsp3) is 0.750. The molecule has 0 aromatic heterocycles. The molecule has 0 N–H and O–H groups in total. The third kappa shape index (κ3) is 2.20. The Morgan fingerprint density at radius 1 is 1.62 bits per heavy atom. The molecule has 1 heteroatoms. The van der Waals surface area contributed by atoms with E-state index in [4.69, 9.17) is 0 Å². The highest BCUT2D eigenvalue weighted by atomic mass is 16.1. The van der Waals surface area contributed by atoms with E-state index in [0.717, 1.165) is 19.3 Å². The summed E-state index contributed by atoms with van der Waals surface area (Å²) >= 11 is 0. The van der Waals surface area contributed by atoms with E-state index in [1.807, 2.05) is 6.08 Å². The van der Waals surface area contributed by atoms with Crippen LogP contribution in [-0.2, 0) is 4.79 Å². The van der Waals surface area contributed by atoms with Crippen LogP contribution in [0.25, 0.3) is 0 Å². The van der Waals surface area contributed by atoms with Crippen molar-refractivity contribution in [3.63, 3.8) is 0 Å². The molecule has 0 spiro atoms. The quantitative estimate of drug-likeness (QED) is 0.470. The number of Topliss-reactive ketones (excluding diaryl/α,β-unsaturated/α-hetero) is 1. The summed E-state index contributed by atoms with van der Waals surface area (Å²) in [5.41, 5.74) is -0.113. The molecule has 2 atom stereocenters. The van der Waals surface area contributed by atoms with Gasteiger partial charge in [0.1, 0.15) is 5.78 Å². The van der Waals surface area contributed by atoms with Crippen molar-refractivity contribution in [2.24, 2.45) is 11.3 Å². The first-order valence-electron chi connectivity index (χ1n) is 5.25. The van der Waals surface area contributed by atoms with Crippen molar-refractivity contribution >= 4 is 5.78 Å². The van der Waals surface area contributed by atoms with E-state index >= 15 is 0 Å². The average molecular weight is 180 g/mol. The van der Waals surface area contributed by atoms with Crippen LogP contribution in [-0.4, -0.2) is 5.78 Å². The van der Waals surface area contributed by atoms with Gasteiger partial charge in [-0.2, -0.15) is 0 Å². The van der Waals surface area contributed by atoms with Crippen LogP contribution >= 0.6 is 0 Å². The SMILES string of the molecule is C=CC[C@]1(C)CCCC[C@@H](C)C1=O. The minimum Gasteiger partial charge on any atom is -0.299 e. The van der Waals surface area contributed by atoms with Crippen molar-refractivity contribution in [3.8, 4) is 0 Å². The van der Waals surface area contributed by atoms with Crippen LogP contribution in [0.4, 0.5) is 0 Å². The predicted octanol–water partition coefficient (Wildman–Crippen LogP) is 3.35. The zero-order chi connectivity index (χ0) is 9.90. The highest BCUT2D eigenvalue weighted by molar-refractivity contribution is 5.86. The Balaban J connectivity index is 2.79. The Hall–Kier alpha value is -0.590. The molecule has 1 rings (SSSR count). The molecular weight excluding hydrogens is 160 g/mol. The highest BCUT2D eigenvalue weighted by Crippen LogP contribution is 2.37. The summed E-state index contributed by atoms with van der Waals surface area (Å²) in [7, 11) is 0. The van der Waals surface area contributed by atoms with Gasteiger partial charge in [0.2, 0.25) is 0 Å². The van der Waals surface area contributed by atoms with Gasteiger partial charge < -0.3 is 0 Å². The Labute approximate surface area is 81.2 Å². The van der Waals surface area contributed by atoms with Crippen LogP contribution in [0.3, 0.4) is 0 Å². The third-order valence-corrected chi connectivity index (χ3v) is 3.25. The summed E-state index contributed by atoms with van der Waals surface area (Å²) in [6.45, 7) is 7.90. The van der Waals surface area contributed by atoms with E-state index in [9.17, 15) is 4.79 Å². The summed E-state index contributed by atoms with van der Waals surface area (Å²) in [5.74, 6) is 0.706. The molecule has 0 heterocycles. The number of carbonyl (C=O) groups is 1. The van der Waals surface area contributed by atoms with Crippen molar-refractivity contribution < 1.29 is 4.79 Å². The monoisotopic (exact) mass is 180 g/mol. The van der Waals surface area contributed by atoms with Gasteiger partial charge in [0, 0.05) is 11.3 Å². The second-order valence-electron chi connectivity index (χ2n) is 4.56. The second kappa shape index (κ2) is 4.08. The lowest BCUT2D eigenvalue weighted by Crippen LogP contribution is -2.30. The zero-order valence-electron chi connectivity index (χ0n) is 8.81. The number of carbonyl (C=O) groups excluding carboxylic acids is 1. The molecule has 74 valence electrons. The van der Waals surface area contributed by atoms with Gasteiger partial charge in [0.05, 0.1) is 0 Å². The van der Waals surface area contributed by atoms with E-state index < -0.39 is 0 Å². The first-order valence-corrected chi connectivity index (χ1v) is 5.25. The number of allylic oxidation sites excluding steroid dienone is 1. The fourth-order valence-electron chi connectivity index (χ4n) is 2.34. The maximum atomic E-state index is 12.0. The summed E-state index contributed by atoms with van der Waals surface area (Å²) in [6, 6.07) is 0. The lowest BCUT2D eigenvalue weighted by Gasteiger charge is -2.26. The number of ketones is 1. The molecule has 1 fully saturated rings. The molecule has 0 aromatic rings. The average Bonchev–Trinajstić information content (AvgIpc) is 2.20. The van der Waals surface area contributed by atoms with Gasteiger partial charge in [-0.25, -0.2) is 0 Å². The topological polar surface area (TPSA) is 17.1 Å². The number of hydrogen-bond acceptors (Lipinski definition) is 1. The van der Waals surface area contributed by atoms with Gasteiger partial charge in [-0.15, -0.1) is 6.58 Å². The smallest absolute Gasteiger partial charge is 0.141 e. The Morgan fingerprint density at radius 2 is 2.31 bits per heavy atom. The lowest BCUT2D eigenvalue weighted by molar-refractivity contribution is -0.131. The summed E-state index contributed by atoms with van der Waals surface area (Å²) in [6.07, 6.45) is 7.25. The van der Waals surface area contributed by atoms with Crippen LogP contribution in [0.5, 0.6) is 0 Å². The van der Waals surface area contributed by atoms with E-state index in [2.05, 4.69) is 20.4 Å². The lowest BCUT2D eigenvalue weighted by atomic mass is 9.76. The van der Waals surface area contributed by atoms with Crippen molar-refractivity contribution in [2.75, 3.05) is 0 Å². The molecule has 0 radical (unpaired) electrons. The zero-order valence-corrected chi connectivity index (χ0v) is 8.81. The van der Waals surface area contributed by atoms with Crippen molar-refractivity contribution in [1.29, 1.82) is 0 Å². The summed E-state index contributed by atoms with van der Waals surface area (Å²) < 4.78 is 0. The van der Waals surface area contributed by atoms with E-state index in [-0.39, 0.29) is 11.3 Å². The molecule has 0 amide bonds. The molecule has 13 heavy (non-hydrogen) atoms. The molecule has 0 bridgehead atoms. The van der Waals surface area contributed by atoms with Crippen LogP contribution in [0, 0.1) is 11.3 Å². The normalized spacial score (nSPS) is 35.5. The molecule has 1 aliphatic carbocycles. The molecule has 0 unspecified atom stereocenters. The number of hydrogen-bond donors (Lipinski definition) is 0. The predicted molar refractivity (Wildman–Crippen MR) is 55.6 cm³/mol. The molecule has 0 saturated heterocycles. The number of rotatable bonds is 2. The Bertz CT molecular complexity index is 207. The second-order valence-corrected chi connectivity index (χ2v) is 4.56. The molecule has 1 nitrogen and oxygen atoms in total. The van der Waals surface area contributed by atoms with Crippen molar-refractivity contribution in [2.45, 2.75) is 46.0 Å². The van der Waals surface area contributed by atoms with Gasteiger partial charge in [0.25, 0.3) is 0 Å². The minimum absolute atomic E-state index is 0.113. The van der Waals surface area contributed by atoms with Crippen LogP contribution in [0.2, 0.25) is 0 Å². The maximum Gasteiger partial charge on any atom is 0.141 e. The largest absolute Gasteiger partial charge is 0.299 e. The van der Waals surface area contributed by atoms with Crippen LogP contribution in [0.15, 0.2) is 12.7 Å². The van der Waals surface area contributed by atoms with Gasteiger partial charge in [-0.05, 0) is 19.3 Å². The standard InChI is InChI=1S/C12H20O/c1-4-8-12(3)9-6-5-7-10(2)11(12)13/h4,10H,1,5-9H2,2-3H3/t10-,12-/m1/s1. The molecule has 0 aliphatic heterocycles. The fourth-order valence-corrected chi connectivity index (χ4v) is 2.34. The van der Waals surface area contributed by atoms with E-state index in [1.165, 1.54) is 12.8 Å². The van der Waals surface area contributed by atoms with Crippen molar-refractivity contribution in [1.82, 2.24) is 0 Å².